The third-order valence-corrected chi connectivity index (χ3v) is 5.22. The summed E-state index contributed by atoms with van der Waals surface area (Å²) in [7, 11) is 1.97. The molecule has 1 aromatic carbocycles. The zero-order valence-corrected chi connectivity index (χ0v) is 14.6. The zero-order valence-electron chi connectivity index (χ0n) is 13.1. The monoisotopic (exact) mass is 329 g/mol. The van der Waals surface area contributed by atoms with Crippen molar-refractivity contribution in [2.75, 3.05) is 13.7 Å². The molecule has 0 amide bonds. The average Bonchev–Trinajstić information content (AvgIpc) is 2.47. The molecule has 1 aliphatic carbocycles. The Hall–Kier alpha value is -0.280. The van der Waals surface area contributed by atoms with E-state index in [0.717, 1.165) is 29.3 Å². The topological polar surface area (TPSA) is 21.3 Å². The van der Waals surface area contributed by atoms with E-state index in [1.54, 1.807) is 0 Å². The number of rotatable bonds is 5. The van der Waals surface area contributed by atoms with Crippen molar-refractivity contribution in [3.05, 3.63) is 33.8 Å². The Morgan fingerprint density at radius 3 is 2.57 bits per heavy atom. The van der Waals surface area contributed by atoms with Crippen LogP contribution in [0.2, 0.25) is 10.0 Å². The Bertz CT molecular complexity index is 470. The molecule has 1 aromatic rings. The van der Waals surface area contributed by atoms with Crippen molar-refractivity contribution in [2.45, 2.75) is 51.2 Å². The van der Waals surface area contributed by atoms with E-state index in [0.29, 0.717) is 11.6 Å². The third kappa shape index (κ3) is 3.73. The fraction of sp³-hybridized carbons (Fsp3) is 0.647. The molecule has 1 aliphatic rings. The van der Waals surface area contributed by atoms with Crippen LogP contribution in [0.15, 0.2) is 18.2 Å². The molecule has 0 aliphatic heterocycles. The predicted molar refractivity (Wildman–Crippen MR) is 90.3 cm³/mol. The van der Waals surface area contributed by atoms with Crippen LogP contribution < -0.4 is 5.32 Å². The van der Waals surface area contributed by atoms with Crippen LogP contribution in [0.5, 0.6) is 0 Å². The molecule has 2 nitrogen and oxygen atoms in total. The van der Waals surface area contributed by atoms with Crippen molar-refractivity contribution in [2.24, 2.45) is 5.92 Å². The molecule has 0 aromatic heterocycles. The number of nitrogens with one attached hydrogen (secondary N) is 1. The summed E-state index contributed by atoms with van der Waals surface area (Å²) in [6.45, 7) is 5.09. The first-order valence-corrected chi connectivity index (χ1v) is 8.54. The highest BCUT2D eigenvalue weighted by Crippen LogP contribution is 2.45. The maximum absolute atomic E-state index is 6.43. The van der Waals surface area contributed by atoms with Crippen molar-refractivity contribution in [1.29, 1.82) is 0 Å². The first-order valence-electron chi connectivity index (χ1n) is 7.78. The molecule has 4 heteroatoms. The summed E-state index contributed by atoms with van der Waals surface area (Å²) in [6, 6.07) is 5.73. The molecule has 21 heavy (non-hydrogen) atoms. The lowest BCUT2D eigenvalue weighted by atomic mass is 9.73. The number of likely N-dealkylation sites (N-methyl/N-ethyl adjacent to an activating group) is 1. The normalized spacial score (nSPS) is 27.6. The SMILES string of the molecule is CCOC1(C(NC)c2cc(Cl)ccc2Cl)CCC(C)CC1. The average molecular weight is 330 g/mol. The van der Waals surface area contributed by atoms with Crippen molar-refractivity contribution < 1.29 is 4.74 Å². The Kier molecular flexibility index (Phi) is 5.96. The van der Waals surface area contributed by atoms with E-state index in [-0.39, 0.29) is 11.6 Å². The molecular formula is C17H25Cl2NO. The van der Waals surface area contributed by atoms with Crippen LogP contribution in [0.4, 0.5) is 0 Å². The van der Waals surface area contributed by atoms with Crippen LogP contribution >= 0.6 is 23.2 Å². The van der Waals surface area contributed by atoms with Crippen LogP contribution in [0, 0.1) is 5.92 Å². The molecule has 1 unspecified atom stereocenters. The quantitative estimate of drug-likeness (QED) is 0.797. The second-order valence-corrected chi connectivity index (χ2v) is 6.91. The Labute approximate surface area is 138 Å². The Morgan fingerprint density at radius 1 is 1.33 bits per heavy atom. The maximum atomic E-state index is 6.43. The van der Waals surface area contributed by atoms with Gasteiger partial charge in [-0.2, -0.15) is 0 Å². The van der Waals surface area contributed by atoms with Gasteiger partial charge in [-0.25, -0.2) is 0 Å². The van der Waals surface area contributed by atoms with E-state index >= 15 is 0 Å². The summed E-state index contributed by atoms with van der Waals surface area (Å²) < 4.78 is 6.26. The number of benzene rings is 1. The minimum Gasteiger partial charge on any atom is -0.373 e. The number of ether oxygens (including phenoxy) is 1. The van der Waals surface area contributed by atoms with Gasteiger partial charge in [-0.15, -0.1) is 0 Å². The van der Waals surface area contributed by atoms with E-state index in [1.165, 1.54) is 12.8 Å². The second kappa shape index (κ2) is 7.32. The molecule has 118 valence electrons. The van der Waals surface area contributed by atoms with Gasteiger partial charge in [0.15, 0.2) is 0 Å². The highest BCUT2D eigenvalue weighted by atomic mass is 35.5. The largest absolute Gasteiger partial charge is 0.373 e. The van der Waals surface area contributed by atoms with Gasteiger partial charge < -0.3 is 10.1 Å². The van der Waals surface area contributed by atoms with Crippen LogP contribution in [-0.4, -0.2) is 19.3 Å². The smallest absolute Gasteiger partial charge is 0.0876 e. The summed E-state index contributed by atoms with van der Waals surface area (Å²) in [6.07, 6.45) is 4.49. The molecule has 2 rings (SSSR count). The second-order valence-electron chi connectivity index (χ2n) is 6.07. The van der Waals surface area contributed by atoms with E-state index < -0.39 is 0 Å². The molecule has 1 fully saturated rings. The van der Waals surface area contributed by atoms with E-state index in [2.05, 4.69) is 19.2 Å². The van der Waals surface area contributed by atoms with Gasteiger partial charge in [-0.3, -0.25) is 0 Å². The van der Waals surface area contributed by atoms with Gasteiger partial charge in [-0.1, -0.05) is 30.1 Å². The number of hydrogen-bond acceptors (Lipinski definition) is 2. The summed E-state index contributed by atoms with van der Waals surface area (Å²) in [4.78, 5) is 0. The lowest BCUT2D eigenvalue weighted by Gasteiger charge is -2.45. The van der Waals surface area contributed by atoms with Crippen molar-refractivity contribution in [3.63, 3.8) is 0 Å². The van der Waals surface area contributed by atoms with Crippen LogP contribution in [0.3, 0.4) is 0 Å². The van der Waals surface area contributed by atoms with Gasteiger partial charge in [0, 0.05) is 16.7 Å². The van der Waals surface area contributed by atoms with Gasteiger partial charge in [0.2, 0.25) is 0 Å². The summed E-state index contributed by atoms with van der Waals surface area (Å²) in [5, 5.41) is 4.89. The molecule has 1 atom stereocenters. The van der Waals surface area contributed by atoms with Gasteiger partial charge in [0.1, 0.15) is 0 Å². The first-order chi connectivity index (χ1) is 10.0. The minimum absolute atomic E-state index is 0.0659. The molecule has 0 spiro atoms. The first kappa shape index (κ1) is 17.1. The van der Waals surface area contributed by atoms with Gasteiger partial charge in [-0.05, 0) is 69.3 Å². The van der Waals surface area contributed by atoms with Gasteiger partial charge >= 0.3 is 0 Å². The molecule has 0 bridgehead atoms. The molecular weight excluding hydrogens is 305 g/mol. The van der Waals surface area contributed by atoms with E-state index in [1.807, 2.05) is 25.2 Å². The highest BCUT2D eigenvalue weighted by Gasteiger charge is 2.42. The number of hydrogen-bond donors (Lipinski definition) is 1. The van der Waals surface area contributed by atoms with Crippen LogP contribution in [0.1, 0.15) is 51.1 Å². The highest BCUT2D eigenvalue weighted by molar-refractivity contribution is 6.33. The van der Waals surface area contributed by atoms with Crippen molar-refractivity contribution in [1.82, 2.24) is 5.32 Å². The molecule has 0 radical (unpaired) electrons. The summed E-state index contributed by atoms with van der Waals surface area (Å²) >= 11 is 12.6. The summed E-state index contributed by atoms with van der Waals surface area (Å²) in [5.74, 6) is 0.769. The number of halogens is 2. The predicted octanol–water partition coefficient (Wildman–Crippen LogP) is 5.24. The lowest BCUT2D eigenvalue weighted by Crippen LogP contribution is -2.47. The Morgan fingerprint density at radius 2 is 2.00 bits per heavy atom. The molecule has 0 saturated heterocycles. The third-order valence-electron chi connectivity index (χ3n) is 4.64. The molecule has 1 N–H and O–H groups in total. The Balaban J connectivity index is 2.38. The van der Waals surface area contributed by atoms with E-state index in [9.17, 15) is 0 Å². The van der Waals surface area contributed by atoms with E-state index in [4.69, 9.17) is 27.9 Å². The maximum Gasteiger partial charge on any atom is 0.0876 e. The van der Waals surface area contributed by atoms with Gasteiger partial charge in [0.25, 0.3) is 0 Å². The molecule has 1 saturated carbocycles. The lowest BCUT2D eigenvalue weighted by molar-refractivity contribution is -0.0962. The van der Waals surface area contributed by atoms with Crippen LogP contribution in [-0.2, 0) is 4.74 Å². The van der Waals surface area contributed by atoms with Crippen LogP contribution in [0.25, 0.3) is 0 Å². The fourth-order valence-corrected chi connectivity index (χ4v) is 3.90. The molecule has 0 heterocycles. The fourth-order valence-electron chi connectivity index (χ4n) is 3.49. The van der Waals surface area contributed by atoms with Crippen molar-refractivity contribution >= 4 is 23.2 Å². The summed E-state index contributed by atoms with van der Waals surface area (Å²) in [5.41, 5.74) is 0.847. The van der Waals surface area contributed by atoms with Crippen molar-refractivity contribution in [3.8, 4) is 0 Å². The standard InChI is InChI=1S/C17H25Cl2NO/c1-4-21-17(9-7-12(2)8-10-17)16(20-3)14-11-13(18)5-6-15(14)19/h5-6,11-12,16,20H,4,7-10H2,1-3H3. The van der Waals surface area contributed by atoms with Gasteiger partial charge in [0.05, 0.1) is 11.6 Å². The minimum atomic E-state index is -0.190. The zero-order chi connectivity index (χ0) is 15.5.